The van der Waals surface area contributed by atoms with Crippen LogP contribution < -0.4 is 9.44 Å². The van der Waals surface area contributed by atoms with Crippen LogP contribution in [0.5, 0.6) is 0 Å². The molecule has 0 spiro atoms. The van der Waals surface area contributed by atoms with E-state index in [0.29, 0.717) is 18.4 Å². The normalized spacial score (nSPS) is 12.8. The van der Waals surface area contributed by atoms with Crippen LogP contribution in [-0.4, -0.2) is 30.9 Å². The average Bonchev–Trinajstić information content (AvgIpc) is 3.11. The van der Waals surface area contributed by atoms with Crippen LogP contribution in [-0.2, 0) is 35.6 Å². The highest BCUT2D eigenvalue weighted by Crippen LogP contribution is 2.27. The molecule has 0 radical (unpaired) electrons. The van der Waals surface area contributed by atoms with Crippen LogP contribution in [0.1, 0.15) is 30.7 Å². The molecule has 0 saturated heterocycles. The number of alkyl halides is 3. The molecule has 34 heavy (non-hydrogen) atoms. The first kappa shape index (κ1) is 25.9. The molecule has 0 aliphatic heterocycles. The highest BCUT2D eigenvalue weighted by molar-refractivity contribution is 7.87. The number of benzene rings is 2. The number of rotatable bonds is 9. The molecule has 3 aromatic rings. The second-order valence-corrected chi connectivity index (χ2v) is 10.0. The minimum atomic E-state index is -4.66. The largest absolute Gasteiger partial charge is 0.402 e. The van der Waals surface area contributed by atoms with E-state index in [9.17, 15) is 26.0 Å². The summed E-state index contributed by atoms with van der Waals surface area (Å²) in [5.74, 6) is -0.287. The molecule has 11 heteroatoms. The predicted octanol–water partition coefficient (Wildman–Crippen LogP) is 4.23. The lowest BCUT2D eigenvalue weighted by atomic mass is 9.93. The molecule has 0 bridgehead atoms. The molecule has 0 amide bonds. The van der Waals surface area contributed by atoms with Gasteiger partial charge in [-0.15, -0.1) is 0 Å². The van der Waals surface area contributed by atoms with Crippen molar-refractivity contribution in [3.8, 4) is 11.3 Å². The van der Waals surface area contributed by atoms with Crippen molar-refractivity contribution in [3.63, 3.8) is 0 Å². The Labute approximate surface area is 196 Å². The summed E-state index contributed by atoms with van der Waals surface area (Å²) in [5.41, 5.74) is 2.78. The quantitative estimate of drug-likeness (QED) is 0.434. The number of aryl methyl sites for hydroxylation is 3. The van der Waals surface area contributed by atoms with E-state index < -0.39 is 28.5 Å². The molecule has 2 N–H and O–H groups in total. The topological polar surface area (TPSA) is 76.0 Å². The fourth-order valence-corrected chi connectivity index (χ4v) is 4.73. The van der Waals surface area contributed by atoms with E-state index in [1.54, 1.807) is 55.9 Å². The summed E-state index contributed by atoms with van der Waals surface area (Å²) in [5, 5.41) is 4.53. The van der Waals surface area contributed by atoms with Crippen molar-refractivity contribution < 1.29 is 26.0 Å². The zero-order chi connectivity index (χ0) is 25.1. The molecule has 0 unspecified atom stereocenters. The van der Waals surface area contributed by atoms with Crippen molar-refractivity contribution in [1.29, 1.82) is 0 Å². The molecular weight excluding hydrogens is 472 g/mol. The van der Waals surface area contributed by atoms with Gasteiger partial charge in [0, 0.05) is 12.6 Å². The molecule has 184 valence electrons. The molecule has 6 nitrogen and oxygen atoms in total. The standard InChI is InChI=1S/C23H26F4N4O2S/c1-22(2,30-34(32,33)28-15-23(25,26)27)18-6-4-5-17(13-18)21-14-20(29-31(21)3)12-9-16-7-10-19(24)11-8-16/h4-8,10-11,13-14,28,30H,9,12,15H2,1-3H3. The number of nitrogens with one attached hydrogen (secondary N) is 2. The van der Waals surface area contributed by atoms with Gasteiger partial charge in [-0.3, -0.25) is 4.68 Å². The van der Waals surface area contributed by atoms with Gasteiger partial charge in [-0.25, -0.2) is 4.39 Å². The number of hydrogen-bond acceptors (Lipinski definition) is 3. The van der Waals surface area contributed by atoms with Gasteiger partial charge in [-0.2, -0.15) is 36.1 Å². The second-order valence-electron chi connectivity index (χ2n) is 8.52. The maximum atomic E-state index is 13.1. The monoisotopic (exact) mass is 498 g/mol. The second kappa shape index (κ2) is 9.85. The zero-order valence-corrected chi connectivity index (χ0v) is 19.8. The Morgan fingerprint density at radius 1 is 1.00 bits per heavy atom. The summed E-state index contributed by atoms with van der Waals surface area (Å²) in [6.07, 6.45) is -3.32. The zero-order valence-electron chi connectivity index (χ0n) is 18.9. The Bertz CT molecular complexity index is 1240. The van der Waals surface area contributed by atoms with Gasteiger partial charge in [0.1, 0.15) is 12.4 Å². The highest BCUT2D eigenvalue weighted by atomic mass is 32.2. The van der Waals surface area contributed by atoms with E-state index >= 15 is 0 Å². The van der Waals surface area contributed by atoms with Gasteiger partial charge in [0.2, 0.25) is 0 Å². The van der Waals surface area contributed by atoms with Gasteiger partial charge in [-0.05, 0) is 62.1 Å². The molecule has 0 aliphatic rings. The first-order chi connectivity index (χ1) is 15.7. The molecule has 2 aromatic carbocycles. The van der Waals surface area contributed by atoms with E-state index in [-0.39, 0.29) is 5.82 Å². The van der Waals surface area contributed by atoms with Crippen LogP contribution in [0.15, 0.2) is 54.6 Å². The van der Waals surface area contributed by atoms with Gasteiger partial charge in [0.25, 0.3) is 10.2 Å². The summed E-state index contributed by atoms with van der Waals surface area (Å²) in [7, 11) is -2.61. The van der Waals surface area contributed by atoms with Crippen LogP contribution in [0, 0.1) is 5.82 Å². The maximum absolute atomic E-state index is 13.1. The maximum Gasteiger partial charge on any atom is 0.402 e. The van der Waals surface area contributed by atoms with Crippen molar-refractivity contribution in [2.75, 3.05) is 6.54 Å². The fourth-order valence-electron chi connectivity index (χ4n) is 3.52. The highest BCUT2D eigenvalue weighted by Gasteiger charge is 2.32. The Hall–Kier alpha value is -2.76. The number of halogens is 4. The molecule has 0 atom stereocenters. The van der Waals surface area contributed by atoms with E-state index in [1.807, 2.05) is 12.1 Å². The van der Waals surface area contributed by atoms with E-state index in [0.717, 1.165) is 22.5 Å². The van der Waals surface area contributed by atoms with Crippen LogP contribution in [0.25, 0.3) is 11.3 Å². The van der Waals surface area contributed by atoms with Crippen molar-refractivity contribution in [2.24, 2.45) is 7.05 Å². The molecule has 0 aliphatic carbocycles. The summed E-state index contributed by atoms with van der Waals surface area (Å²) >= 11 is 0. The summed E-state index contributed by atoms with van der Waals surface area (Å²) < 4.78 is 80.1. The van der Waals surface area contributed by atoms with Crippen molar-refractivity contribution in [3.05, 3.63) is 77.2 Å². The molecule has 0 fully saturated rings. The van der Waals surface area contributed by atoms with Crippen LogP contribution >= 0.6 is 0 Å². The molecule has 1 heterocycles. The van der Waals surface area contributed by atoms with Crippen LogP contribution in [0.2, 0.25) is 0 Å². The van der Waals surface area contributed by atoms with E-state index in [2.05, 4.69) is 9.82 Å². The fraction of sp³-hybridized carbons (Fsp3) is 0.348. The molecular formula is C23H26F4N4O2S. The lowest BCUT2D eigenvalue weighted by Crippen LogP contribution is -2.48. The summed E-state index contributed by atoms with van der Waals surface area (Å²) in [6.45, 7) is 1.47. The Balaban J connectivity index is 1.76. The first-order valence-corrected chi connectivity index (χ1v) is 12.0. The van der Waals surface area contributed by atoms with Crippen LogP contribution in [0.3, 0.4) is 0 Å². The van der Waals surface area contributed by atoms with Crippen molar-refractivity contribution in [1.82, 2.24) is 19.2 Å². The molecule has 1 aromatic heterocycles. The Morgan fingerprint density at radius 2 is 1.68 bits per heavy atom. The molecule has 0 saturated carbocycles. The SMILES string of the molecule is Cn1nc(CCc2ccc(F)cc2)cc1-c1cccc(C(C)(C)NS(=O)(=O)NCC(F)(F)F)c1. The predicted molar refractivity (Wildman–Crippen MR) is 122 cm³/mol. The Morgan fingerprint density at radius 3 is 2.32 bits per heavy atom. The average molecular weight is 499 g/mol. The Kier molecular flexibility index (Phi) is 7.49. The third kappa shape index (κ3) is 7.12. The van der Waals surface area contributed by atoms with Gasteiger partial charge in [-0.1, -0.05) is 30.3 Å². The minimum absolute atomic E-state index is 0.287. The third-order valence-electron chi connectivity index (χ3n) is 5.25. The van der Waals surface area contributed by atoms with E-state index in [4.69, 9.17) is 0 Å². The van der Waals surface area contributed by atoms with Crippen molar-refractivity contribution in [2.45, 2.75) is 38.4 Å². The number of nitrogens with zero attached hydrogens (tertiary/aromatic N) is 2. The third-order valence-corrected chi connectivity index (χ3v) is 6.55. The molecule has 3 rings (SSSR count). The summed E-state index contributed by atoms with van der Waals surface area (Å²) in [4.78, 5) is 0. The number of aromatic nitrogens is 2. The lowest BCUT2D eigenvalue weighted by Gasteiger charge is -2.27. The van der Waals surface area contributed by atoms with Gasteiger partial charge in [0.05, 0.1) is 16.9 Å². The summed E-state index contributed by atoms with van der Waals surface area (Å²) in [6, 6.07) is 15.3. The first-order valence-electron chi connectivity index (χ1n) is 10.5. The lowest BCUT2D eigenvalue weighted by molar-refractivity contribution is -0.121. The van der Waals surface area contributed by atoms with Gasteiger partial charge in [0.15, 0.2) is 0 Å². The number of hydrogen-bond donors (Lipinski definition) is 2. The smallest absolute Gasteiger partial charge is 0.268 e. The van der Waals surface area contributed by atoms with Gasteiger partial charge >= 0.3 is 6.18 Å². The minimum Gasteiger partial charge on any atom is -0.268 e. The van der Waals surface area contributed by atoms with Crippen molar-refractivity contribution >= 4 is 10.2 Å². The van der Waals surface area contributed by atoms with E-state index in [1.165, 1.54) is 16.9 Å². The van der Waals surface area contributed by atoms with Crippen LogP contribution in [0.4, 0.5) is 17.6 Å². The van der Waals surface area contributed by atoms with Gasteiger partial charge < -0.3 is 0 Å².